The van der Waals surface area contributed by atoms with Crippen LogP contribution in [0.3, 0.4) is 0 Å². The maximum Gasteiger partial charge on any atom is 0.127 e. The molecule has 0 bridgehead atoms. The van der Waals surface area contributed by atoms with Crippen molar-refractivity contribution in [1.29, 1.82) is 0 Å². The maximum atomic E-state index is 5.58. The van der Waals surface area contributed by atoms with E-state index in [4.69, 9.17) is 27.7 Å². The van der Waals surface area contributed by atoms with E-state index < -0.39 is 0 Å². The summed E-state index contributed by atoms with van der Waals surface area (Å²) in [7, 11) is 0. The second kappa shape index (κ2) is 7.61. The third kappa shape index (κ3) is 5.51. The summed E-state index contributed by atoms with van der Waals surface area (Å²) in [6, 6.07) is 21.6. The fourth-order valence-corrected chi connectivity index (χ4v) is 1.77. The van der Waals surface area contributed by atoms with Crippen molar-refractivity contribution in [1.82, 2.24) is 0 Å². The minimum absolute atomic E-state index is 0.713. The Morgan fingerprint density at radius 2 is 0.870 bits per heavy atom. The van der Waals surface area contributed by atoms with E-state index in [1.54, 1.807) is 42.5 Å². The molecular formula is C18H20N4O. The number of benzene rings is 3. The molecule has 0 unspecified atom stereocenters. The standard InChI is InChI=1S/C12H12N2O.C6H8N2/c13-9-1-5-11(6-2-9)15-12-7-3-10(14)4-8-12;7-5-2-1-3-6(8)4-5/h1-8H,13-14H2;1-4H,7-8H2. The van der Waals surface area contributed by atoms with E-state index in [1.807, 2.05) is 30.3 Å². The predicted molar refractivity (Wildman–Crippen MR) is 97.0 cm³/mol. The van der Waals surface area contributed by atoms with Crippen molar-refractivity contribution in [2.45, 2.75) is 0 Å². The van der Waals surface area contributed by atoms with Crippen molar-refractivity contribution >= 4 is 22.7 Å². The maximum absolute atomic E-state index is 5.58. The Labute approximate surface area is 135 Å². The van der Waals surface area contributed by atoms with Crippen LogP contribution in [0.2, 0.25) is 0 Å². The molecule has 0 spiro atoms. The zero-order chi connectivity index (χ0) is 16.7. The summed E-state index contributed by atoms with van der Waals surface area (Å²) in [5.74, 6) is 1.52. The van der Waals surface area contributed by atoms with Crippen LogP contribution in [0.4, 0.5) is 22.7 Å². The van der Waals surface area contributed by atoms with Crippen LogP contribution >= 0.6 is 0 Å². The second-order valence-corrected chi connectivity index (χ2v) is 4.91. The zero-order valence-corrected chi connectivity index (χ0v) is 12.6. The Morgan fingerprint density at radius 3 is 1.17 bits per heavy atom. The quantitative estimate of drug-likeness (QED) is 0.541. The highest BCUT2D eigenvalue weighted by atomic mass is 16.5. The topological polar surface area (TPSA) is 113 Å². The summed E-state index contributed by atoms with van der Waals surface area (Å²) in [4.78, 5) is 0. The Kier molecular flexibility index (Phi) is 5.30. The third-order valence-corrected chi connectivity index (χ3v) is 2.91. The fourth-order valence-electron chi connectivity index (χ4n) is 1.77. The molecule has 0 radical (unpaired) electrons. The molecule has 0 saturated carbocycles. The Hall–Kier alpha value is -3.34. The van der Waals surface area contributed by atoms with Crippen LogP contribution in [0, 0.1) is 0 Å². The molecule has 118 valence electrons. The predicted octanol–water partition coefficient (Wildman–Crippen LogP) is 3.49. The number of hydrogen-bond donors (Lipinski definition) is 4. The summed E-state index contributed by atoms with van der Waals surface area (Å²) in [5, 5.41) is 0. The van der Waals surface area contributed by atoms with Crippen molar-refractivity contribution < 1.29 is 4.74 Å². The molecule has 0 aliphatic rings. The van der Waals surface area contributed by atoms with E-state index in [1.165, 1.54) is 0 Å². The van der Waals surface area contributed by atoms with Gasteiger partial charge in [0.05, 0.1) is 0 Å². The van der Waals surface area contributed by atoms with Crippen LogP contribution in [0.5, 0.6) is 11.5 Å². The Bertz CT molecular complexity index is 679. The van der Waals surface area contributed by atoms with Gasteiger partial charge in [-0.1, -0.05) is 6.07 Å². The molecule has 0 atom stereocenters. The van der Waals surface area contributed by atoms with Crippen LogP contribution < -0.4 is 27.7 Å². The lowest BCUT2D eigenvalue weighted by atomic mass is 10.3. The number of nitrogen functional groups attached to an aromatic ring is 4. The largest absolute Gasteiger partial charge is 0.457 e. The van der Waals surface area contributed by atoms with E-state index >= 15 is 0 Å². The van der Waals surface area contributed by atoms with Gasteiger partial charge in [-0.2, -0.15) is 0 Å². The first-order valence-corrected chi connectivity index (χ1v) is 7.03. The molecule has 3 aromatic carbocycles. The molecule has 0 amide bonds. The highest BCUT2D eigenvalue weighted by Gasteiger charge is 1.96. The van der Waals surface area contributed by atoms with Gasteiger partial charge < -0.3 is 27.7 Å². The van der Waals surface area contributed by atoms with Crippen LogP contribution in [0.25, 0.3) is 0 Å². The van der Waals surface area contributed by atoms with Gasteiger partial charge in [0.15, 0.2) is 0 Å². The number of rotatable bonds is 2. The monoisotopic (exact) mass is 308 g/mol. The first kappa shape index (κ1) is 16.0. The van der Waals surface area contributed by atoms with E-state index in [2.05, 4.69) is 0 Å². The van der Waals surface area contributed by atoms with Gasteiger partial charge in [0.2, 0.25) is 0 Å². The lowest BCUT2D eigenvalue weighted by molar-refractivity contribution is 0.483. The molecule has 8 N–H and O–H groups in total. The van der Waals surface area contributed by atoms with Crippen LogP contribution in [-0.4, -0.2) is 0 Å². The molecule has 0 fully saturated rings. The first-order valence-electron chi connectivity index (χ1n) is 7.03. The minimum Gasteiger partial charge on any atom is -0.457 e. The molecule has 0 aliphatic heterocycles. The summed E-state index contributed by atoms with van der Waals surface area (Å²) in [5.41, 5.74) is 24.8. The second-order valence-electron chi connectivity index (χ2n) is 4.91. The van der Waals surface area contributed by atoms with Crippen molar-refractivity contribution in [3.05, 3.63) is 72.8 Å². The number of ether oxygens (including phenoxy) is 1. The molecule has 0 aliphatic carbocycles. The molecule has 23 heavy (non-hydrogen) atoms. The van der Waals surface area contributed by atoms with Gasteiger partial charge in [-0.15, -0.1) is 0 Å². The summed E-state index contributed by atoms with van der Waals surface area (Å²) in [6.45, 7) is 0. The van der Waals surface area contributed by atoms with Crippen molar-refractivity contribution in [3.8, 4) is 11.5 Å². The number of nitrogens with two attached hydrogens (primary N) is 4. The van der Waals surface area contributed by atoms with Gasteiger partial charge in [0.1, 0.15) is 11.5 Å². The van der Waals surface area contributed by atoms with E-state index in [-0.39, 0.29) is 0 Å². The average Bonchev–Trinajstić information content (AvgIpc) is 2.52. The van der Waals surface area contributed by atoms with E-state index in [0.29, 0.717) is 11.4 Å². The van der Waals surface area contributed by atoms with E-state index in [9.17, 15) is 0 Å². The smallest absolute Gasteiger partial charge is 0.127 e. The van der Waals surface area contributed by atoms with Crippen molar-refractivity contribution in [2.24, 2.45) is 0 Å². The van der Waals surface area contributed by atoms with Crippen molar-refractivity contribution in [2.75, 3.05) is 22.9 Å². The first-order chi connectivity index (χ1) is 11.0. The van der Waals surface area contributed by atoms with Gasteiger partial charge in [0, 0.05) is 22.7 Å². The van der Waals surface area contributed by atoms with Gasteiger partial charge in [-0.3, -0.25) is 0 Å². The molecule has 0 saturated heterocycles. The van der Waals surface area contributed by atoms with Gasteiger partial charge in [0.25, 0.3) is 0 Å². The number of anilines is 4. The summed E-state index contributed by atoms with van der Waals surface area (Å²) < 4.78 is 5.58. The molecule has 5 heteroatoms. The molecule has 0 aromatic heterocycles. The molecule has 5 nitrogen and oxygen atoms in total. The highest BCUT2D eigenvalue weighted by molar-refractivity contribution is 5.50. The molecule has 0 heterocycles. The average molecular weight is 308 g/mol. The lowest BCUT2D eigenvalue weighted by Gasteiger charge is -2.05. The molecule has 3 aromatic rings. The van der Waals surface area contributed by atoms with E-state index in [0.717, 1.165) is 22.9 Å². The molecule has 3 rings (SSSR count). The van der Waals surface area contributed by atoms with Crippen LogP contribution in [-0.2, 0) is 0 Å². The number of hydrogen-bond acceptors (Lipinski definition) is 5. The summed E-state index contributed by atoms with van der Waals surface area (Å²) in [6.07, 6.45) is 0. The van der Waals surface area contributed by atoms with Crippen LogP contribution in [0.15, 0.2) is 72.8 Å². The van der Waals surface area contributed by atoms with Gasteiger partial charge >= 0.3 is 0 Å². The molecular weight excluding hydrogens is 288 g/mol. The van der Waals surface area contributed by atoms with Crippen LogP contribution in [0.1, 0.15) is 0 Å². The van der Waals surface area contributed by atoms with Gasteiger partial charge in [-0.25, -0.2) is 0 Å². The summed E-state index contributed by atoms with van der Waals surface area (Å²) >= 11 is 0. The Morgan fingerprint density at radius 1 is 0.478 bits per heavy atom. The fraction of sp³-hybridized carbons (Fsp3) is 0. The zero-order valence-electron chi connectivity index (χ0n) is 12.6. The highest BCUT2D eigenvalue weighted by Crippen LogP contribution is 2.22. The Balaban J connectivity index is 0.000000203. The van der Waals surface area contributed by atoms with Gasteiger partial charge in [-0.05, 0) is 66.7 Å². The van der Waals surface area contributed by atoms with Crippen molar-refractivity contribution in [3.63, 3.8) is 0 Å². The minimum atomic E-state index is 0.713. The third-order valence-electron chi connectivity index (χ3n) is 2.91. The lowest BCUT2D eigenvalue weighted by Crippen LogP contribution is -1.87. The SMILES string of the molecule is Nc1ccc(Oc2ccc(N)cc2)cc1.Nc1cccc(N)c1. The normalized spacial score (nSPS) is 9.57.